The third kappa shape index (κ3) is 3.25. The summed E-state index contributed by atoms with van der Waals surface area (Å²) in [5, 5.41) is 11.5. The van der Waals surface area contributed by atoms with E-state index in [9.17, 15) is 4.79 Å². The Balaban J connectivity index is 2.13. The molecule has 1 aromatic heterocycles. The van der Waals surface area contributed by atoms with Gasteiger partial charge in [-0.15, -0.1) is 0 Å². The minimum Gasteiger partial charge on any atom is -0.384 e. The van der Waals surface area contributed by atoms with E-state index in [-0.39, 0.29) is 12.5 Å². The fourth-order valence-electron chi connectivity index (χ4n) is 1.81. The minimum absolute atomic E-state index is 0.174. The summed E-state index contributed by atoms with van der Waals surface area (Å²) in [6, 6.07) is 5.34. The Hall–Kier alpha value is -2.58. The van der Waals surface area contributed by atoms with Gasteiger partial charge in [-0.25, -0.2) is 4.98 Å². The van der Waals surface area contributed by atoms with Gasteiger partial charge < -0.3 is 15.4 Å². The zero-order valence-corrected chi connectivity index (χ0v) is 11.1. The van der Waals surface area contributed by atoms with Crippen LogP contribution in [0.25, 0.3) is 0 Å². The molecule has 0 fully saturated rings. The Kier molecular flexibility index (Phi) is 4.53. The highest BCUT2D eigenvalue weighted by molar-refractivity contribution is 5.96. The molecule has 3 N–H and O–H groups in total. The molecule has 0 bridgehead atoms. The standard InChI is InChI=1S/C15H15N3O2/c1-11-12(5-3-9-19)4-2-6-13(11)15(20)18-10-14-16-7-8-17-14/h2,4,6-8,19H,9-10H2,1H3,(H,16,17)(H,18,20). The smallest absolute Gasteiger partial charge is 0.251 e. The number of aliphatic hydroxyl groups is 1. The zero-order chi connectivity index (χ0) is 14.4. The molecule has 5 heteroatoms. The second-order valence-electron chi connectivity index (χ2n) is 4.16. The third-order valence-electron chi connectivity index (χ3n) is 2.85. The normalized spacial score (nSPS) is 9.70. The number of amides is 1. The molecule has 102 valence electrons. The molecule has 2 rings (SSSR count). The van der Waals surface area contributed by atoms with Gasteiger partial charge >= 0.3 is 0 Å². The first-order valence-electron chi connectivity index (χ1n) is 6.18. The van der Waals surface area contributed by atoms with E-state index in [0.717, 1.165) is 11.1 Å². The Labute approximate surface area is 117 Å². The number of aliphatic hydroxyl groups excluding tert-OH is 1. The van der Waals surface area contributed by atoms with E-state index in [1.54, 1.807) is 24.5 Å². The van der Waals surface area contributed by atoms with Gasteiger partial charge in [0.15, 0.2) is 0 Å². The van der Waals surface area contributed by atoms with Crippen LogP contribution in [-0.2, 0) is 6.54 Å². The number of benzene rings is 1. The number of nitrogens with one attached hydrogen (secondary N) is 2. The molecule has 0 spiro atoms. The van der Waals surface area contributed by atoms with Gasteiger partial charge in [0.25, 0.3) is 5.91 Å². The van der Waals surface area contributed by atoms with Crippen molar-refractivity contribution < 1.29 is 9.90 Å². The van der Waals surface area contributed by atoms with E-state index in [2.05, 4.69) is 27.1 Å². The van der Waals surface area contributed by atoms with Crippen molar-refractivity contribution >= 4 is 5.91 Å². The number of carbonyl (C=O) groups excluding carboxylic acids is 1. The maximum absolute atomic E-state index is 12.1. The first-order valence-corrected chi connectivity index (χ1v) is 6.18. The van der Waals surface area contributed by atoms with Crippen molar-refractivity contribution in [3.63, 3.8) is 0 Å². The lowest BCUT2D eigenvalue weighted by molar-refractivity contribution is 0.0949. The van der Waals surface area contributed by atoms with Gasteiger partial charge in [-0.1, -0.05) is 17.9 Å². The van der Waals surface area contributed by atoms with Gasteiger partial charge in [-0.05, 0) is 24.6 Å². The topological polar surface area (TPSA) is 78.0 Å². The molecule has 0 atom stereocenters. The lowest BCUT2D eigenvalue weighted by atomic mass is 10.0. The average Bonchev–Trinajstić information content (AvgIpc) is 2.97. The first kappa shape index (κ1) is 13.8. The van der Waals surface area contributed by atoms with E-state index < -0.39 is 0 Å². The number of rotatable bonds is 3. The number of hydrogen-bond donors (Lipinski definition) is 3. The highest BCUT2D eigenvalue weighted by Gasteiger charge is 2.10. The van der Waals surface area contributed by atoms with Crippen LogP contribution in [0.4, 0.5) is 0 Å². The Morgan fingerprint density at radius 3 is 3.05 bits per heavy atom. The third-order valence-corrected chi connectivity index (χ3v) is 2.85. The van der Waals surface area contributed by atoms with Crippen molar-refractivity contribution in [2.45, 2.75) is 13.5 Å². The summed E-state index contributed by atoms with van der Waals surface area (Å²) in [6.07, 6.45) is 3.34. The molecule has 20 heavy (non-hydrogen) atoms. The molecular formula is C15H15N3O2. The van der Waals surface area contributed by atoms with Crippen molar-refractivity contribution in [3.8, 4) is 11.8 Å². The predicted octanol–water partition coefficient (Wildman–Crippen LogP) is 0.992. The van der Waals surface area contributed by atoms with Gasteiger partial charge in [0.1, 0.15) is 12.4 Å². The summed E-state index contributed by atoms with van der Waals surface area (Å²) in [7, 11) is 0. The number of hydrogen-bond acceptors (Lipinski definition) is 3. The minimum atomic E-state index is -0.200. The van der Waals surface area contributed by atoms with Crippen LogP contribution in [0.1, 0.15) is 27.3 Å². The van der Waals surface area contributed by atoms with Crippen molar-refractivity contribution in [2.75, 3.05) is 6.61 Å². The van der Waals surface area contributed by atoms with E-state index >= 15 is 0 Å². The van der Waals surface area contributed by atoms with Crippen molar-refractivity contribution in [2.24, 2.45) is 0 Å². The van der Waals surface area contributed by atoms with Crippen LogP contribution in [0.2, 0.25) is 0 Å². The highest BCUT2D eigenvalue weighted by Crippen LogP contribution is 2.13. The lowest BCUT2D eigenvalue weighted by Crippen LogP contribution is -2.24. The monoisotopic (exact) mass is 269 g/mol. The van der Waals surface area contributed by atoms with Gasteiger partial charge in [0.05, 0.1) is 6.54 Å². The molecule has 0 radical (unpaired) electrons. The summed E-state index contributed by atoms with van der Waals surface area (Å²) < 4.78 is 0. The number of H-pyrrole nitrogens is 1. The van der Waals surface area contributed by atoms with E-state index in [4.69, 9.17) is 5.11 Å². The van der Waals surface area contributed by atoms with Crippen molar-refractivity contribution in [1.82, 2.24) is 15.3 Å². The molecule has 0 aliphatic rings. The summed E-state index contributed by atoms with van der Waals surface area (Å²) in [4.78, 5) is 19.1. The Morgan fingerprint density at radius 1 is 1.50 bits per heavy atom. The number of nitrogens with zero attached hydrogens (tertiary/aromatic N) is 1. The second-order valence-corrected chi connectivity index (χ2v) is 4.16. The number of aromatic nitrogens is 2. The molecule has 5 nitrogen and oxygen atoms in total. The maximum atomic E-state index is 12.1. The van der Waals surface area contributed by atoms with Gasteiger partial charge in [0.2, 0.25) is 0 Å². The van der Waals surface area contributed by atoms with Crippen molar-refractivity contribution in [1.29, 1.82) is 0 Å². The number of aromatic amines is 1. The molecule has 0 saturated carbocycles. The van der Waals surface area contributed by atoms with Crippen LogP contribution in [-0.4, -0.2) is 27.6 Å². The Morgan fingerprint density at radius 2 is 2.35 bits per heavy atom. The largest absolute Gasteiger partial charge is 0.384 e. The predicted molar refractivity (Wildman–Crippen MR) is 74.9 cm³/mol. The van der Waals surface area contributed by atoms with Crippen LogP contribution >= 0.6 is 0 Å². The van der Waals surface area contributed by atoms with E-state index in [1.165, 1.54) is 0 Å². The first-order chi connectivity index (χ1) is 9.72. The van der Waals surface area contributed by atoms with Crippen LogP contribution in [0.15, 0.2) is 30.6 Å². The average molecular weight is 269 g/mol. The van der Waals surface area contributed by atoms with Gasteiger partial charge in [-0.2, -0.15) is 0 Å². The SMILES string of the molecule is Cc1c(C#CCO)cccc1C(=O)NCc1ncc[nH]1. The van der Waals surface area contributed by atoms with E-state index in [0.29, 0.717) is 17.9 Å². The second kappa shape index (κ2) is 6.55. The summed E-state index contributed by atoms with van der Waals surface area (Å²) in [5.74, 6) is 5.94. The lowest BCUT2D eigenvalue weighted by Gasteiger charge is -2.08. The molecule has 2 aromatic rings. The summed E-state index contributed by atoms with van der Waals surface area (Å²) >= 11 is 0. The highest BCUT2D eigenvalue weighted by atomic mass is 16.2. The van der Waals surface area contributed by atoms with Crippen LogP contribution in [0.3, 0.4) is 0 Å². The van der Waals surface area contributed by atoms with Crippen LogP contribution in [0, 0.1) is 18.8 Å². The fraction of sp³-hybridized carbons (Fsp3) is 0.200. The fourth-order valence-corrected chi connectivity index (χ4v) is 1.81. The molecule has 0 unspecified atom stereocenters. The molecule has 1 heterocycles. The summed E-state index contributed by atoms with van der Waals surface area (Å²) in [5.41, 5.74) is 2.11. The van der Waals surface area contributed by atoms with Crippen LogP contribution in [0.5, 0.6) is 0 Å². The number of carbonyl (C=O) groups is 1. The quantitative estimate of drug-likeness (QED) is 0.727. The molecule has 0 aliphatic heterocycles. The zero-order valence-electron chi connectivity index (χ0n) is 11.1. The van der Waals surface area contributed by atoms with Gasteiger partial charge in [-0.3, -0.25) is 4.79 Å². The molecule has 0 saturated heterocycles. The molecule has 0 aliphatic carbocycles. The molecular weight excluding hydrogens is 254 g/mol. The summed E-state index contributed by atoms with van der Waals surface area (Å²) in [6.45, 7) is 1.98. The van der Waals surface area contributed by atoms with E-state index in [1.807, 2.05) is 13.0 Å². The molecule has 1 amide bonds. The van der Waals surface area contributed by atoms with Crippen LogP contribution < -0.4 is 5.32 Å². The number of imidazole rings is 1. The van der Waals surface area contributed by atoms with Crippen molar-refractivity contribution in [3.05, 3.63) is 53.1 Å². The Bertz CT molecular complexity index is 651. The molecule has 1 aromatic carbocycles. The van der Waals surface area contributed by atoms with Gasteiger partial charge in [0, 0.05) is 23.5 Å². The maximum Gasteiger partial charge on any atom is 0.251 e.